The van der Waals surface area contributed by atoms with Crippen molar-refractivity contribution < 1.29 is 13.2 Å². The van der Waals surface area contributed by atoms with Crippen molar-refractivity contribution in [3.8, 4) is 0 Å². The van der Waals surface area contributed by atoms with Gasteiger partial charge < -0.3 is 15.5 Å². The molecule has 0 atom stereocenters. The minimum atomic E-state index is -3.52. The molecule has 0 saturated heterocycles. The van der Waals surface area contributed by atoms with Crippen molar-refractivity contribution in [2.45, 2.75) is 37.8 Å². The van der Waals surface area contributed by atoms with Crippen molar-refractivity contribution >= 4 is 10.0 Å². The van der Waals surface area contributed by atoms with E-state index in [-0.39, 0.29) is 18.0 Å². The number of ether oxygens (including phenoxy) is 1. The molecule has 104 valence electrons. The minimum Gasteiger partial charge on any atom is -0.375 e. The Balaban J connectivity index is 2.71. The summed E-state index contributed by atoms with van der Waals surface area (Å²) < 4.78 is 31.9. The predicted molar refractivity (Wildman–Crippen MR) is 69.6 cm³/mol. The molecule has 4 N–H and O–H groups in total. The average molecular weight is 275 g/mol. The summed E-state index contributed by atoms with van der Waals surface area (Å²) >= 11 is 0. The van der Waals surface area contributed by atoms with Gasteiger partial charge in [-0.2, -0.15) is 0 Å². The SMILES string of the molecule is CCOC(C)(C)CNS(=O)(=O)c1c[nH]c(CN)c1. The van der Waals surface area contributed by atoms with Crippen LogP contribution >= 0.6 is 0 Å². The van der Waals surface area contributed by atoms with Crippen LogP contribution in [0.5, 0.6) is 0 Å². The molecule has 6 nitrogen and oxygen atoms in total. The Morgan fingerprint density at radius 2 is 2.17 bits per heavy atom. The van der Waals surface area contributed by atoms with Crippen LogP contribution in [0.3, 0.4) is 0 Å². The molecule has 0 spiro atoms. The molecule has 0 aliphatic heterocycles. The Morgan fingerprint density at radius 1 is 1.50 bits per heavy atom. The third-order valence-corrected chi connectivity index (χ3v) is 3.85. The average Bonchev–Trinajstić information content (AvgIpc) is 2.76. The molecule has 1 aromatic rings. The molecule has 18 heavy (non-hydrogen) atoms. The second-order valence-corrected chi connectivity index (χ2v) is 6.35. The fraction of sp³-hybridized carbons (Fsp3) is 0.636. The van der Waals surface area contributed by atoms with E-state index in [4.69, 9.17) is 10.5 Å². The van der Waals surface area contributed by atoms with E-state index in [2.05, 4.69) is 9.71 Å². The van der Waals surface area contributed by atoms with Gasteiger partial charge in [-0.25, -0.2) is 13.1 Å². The van der Waals surface area contributed by atoms with Gasteiger partial charge in [0.05, 0.1) is 10.5 Å². The summed E-state index contributed by atoms with van der Waals surface area (Å²) in [6.45, 7) is 6.57. The van der Waals surface area contributed by atoms with Crippen molar-refractivity contribution in [3.63, 3.8) is 0 Å². The summed E-state index contributed by atoms with van der Waals surface area (Å²) in [5.41, 5.74) is 5.57. The second-order valence-electron chi connectivity index (χ2n) is 4.58. The molecule has 0 amide bonds. The number of rotatable bonds is 7. The van der Waals surface area contributed by atoms with Crippen LogP contribution in [-0.4, -0.2) is 32.2 Å². The molecule has 1 aromatic heterocycles. The van der Waals surface area contributed by atoms with E-state index in [0.717, 1.165) is 0 Å². The van der Waals surface area contributed by atoms with Gasteiger partial charge in [-0.15, -0.1) is 0 Å². The van der Waals surface area contributed by atoms with E-state index < -0.39 is 15.6 Å². The topological polar surface area (TPSA) is 97.2 Å². The smallest absolute Gasteiger partial charge is 0.242 e. The summed E-state index contributed by atoms with van der Waals surface area (Å²) in [6.07, 6.45) is 1.43. The maximum atomic E-state index is 12.0. The summed E-state index contributed by atoms with van der Waals surface area (Å²) in [7, 11) is -3.52. The highest BCUT2D eigenvalue weighted by atomic mass is 32.2. The Kier molecular flexibility index (Phi) is 4.92. The second kappa shape index (κ2) is 5.83. The summed E-state index contributed by atoms with van der Waals surface area (Å²) in [5.74, 6) is 0. The Hall–Kier alpha value is -0.890. The Morgan fingerprint density at radius 3 is 2.67 bits per heavy atom. The third-order valence-electron chi connectivity index (χ3n) is 2.47. The monoisotopic (exact) mass is 275 g/mol. The van der Waals surface area contributed by atoms with Crippen LogP contribution in [0.2, 0.25) is 0 Å². The number of hydrogen-bond donors (Lipinski definition) is 3. The predicted octanol–water partition coefficient (Wildman–Crippen LogP) is 0.567. The van der Waals surface area contributed by atoms with E-state index in [1.807, 2.05) is 20.8 Å². The molecule has 0 aromatic carbocycles. The van der Waals surface area contributed by atoms with Gasteiger partial charge in [0.2, 0.25) is 10.0 Å². The quantitative estimate of drug-likeness (QED) is 0.677. The normalized spacial score (nSPS) is 12.9. The third kappa shape index (κ3) is 4.09. The first kappa shape index (κ1) is 15.2. The molecule has 0 fully saturated rings. The van der Waals surface area contributed by atoms with E-state index in [0.29, 0.717) is 12.3 Å². The van der Waals surface area contributed by atoms with Crippen LogP contribution in [0.25, 0.3) is 0 Å². The van der Waals surface area contributed by atoms with Gasteiger partial charge in [-0.05, 0) is 26.8 Å². The van der Waals surface area contributed by atoms with Gasteiger partial charge in [0.25, 0.3) is 0 Å². The molecule has 0 saturated carbocycles. The molecule has 1 heterocycles. The fourth-order valence-electron chi connectivity index (χ4n) is 1.49. The molecule has 0 radical (unpaired) electrons. The summed E-state index contributed by atoms with van der Waals surface area (Å²) in [6, 6.07) is 1.52. The molecule has 0 aliphatic carbocycles. The molecule has 0 bridgehead atoms. The van der Waals surface area contributed by atoms with Gasteiger partial charge in [0, 0.05) is 31.6 Å². The van der Waals surface area contributed by atoms with Crippen molar-refractivity contribution in [1.29, 1.82) is 0 Å². The number of aromatic nitrogens is 1. The highest BCUT2D eigenvalue weighted by Gasteiger charge is 2.23. The zero-order chi connectivity index (χ0) is 13.8. The van der Waals surface area contributed by atoms with E-state index in [1.165, 1.54) is 12.3 Å². The molecule has 0 aliphatic rings. The number of sulfonamides is 1. The standard InChI is InChI=1S/C11H21N3O3S/c1-4-17-11(2,3)8-14-18(15,16)10-5-9(6-12)13-7-10/h5,7,13-14H,4,6,8,12H2,1-3H3. The lowest BCUT2D eigenvalue weighted by Gasteiger charge is -2.24. The van der Waals surface area contributed by atoms with Crippen molar-refractivity contribution in [2.24, 2.45) is 5.73 Å². The van der Waals surface area contributed by atoms with E-state index in [9.17, 15) is 8.42 Å². The van der Waals surface area contributed by atoms with Gasteiger partial charge in [0.1, 0.15) is 0 Å². The lowest BCUT2D eigenvalue weighted by Crippen LogP contribution is -2.40. The van der Waals surface area contributed by atoms with Crippen LogP contribution in [-0.2, 0) is 21.3 Å². The van der Waals surface area contributed by atoms with Gasteiger partial charge >= 0.3 is 0 Å². The maximum Gasteiger partial charge on any atom is 0.242 e. The molecular formula is C11H21N3O3S. The highest BCUT2D eigenvalue weighted by molar-refractivity contribution is 7.89. The minimum absolute atomic E-state index is 0.190. The first-order valence-corrected chi connectivity index (χ1v) is 7.30. The maximum absolute atomic E-state index is 12.0. The summed E-state index contributed by atoms with van der Waals surface area (Å²) in [5, 5.41) is 0. The number of aromatic amines is 1. The lowest BCUT2D eigenvalue weighted by molar-refractivity contribution is -0.00514. The largest absolute Gasteiger partial charge is 0.375 e. The van der Waals surface area contributed by atoms with Crippen LogP contribution < -0.4 is 10.5 Å². The van der Waals surface area contributed by atoms with Crippen LogP contribution in [0.1, 0.15) is 26.5 Å². The lowest BCUT2D eigenvalue weighted by atomic mass is 10.1. The Bertz CT molecular complexity index is 479. The molecule has 1 rings (SSSR count). The van der Waals surface area contributed by atoms with Gasteiger partial charge in [-0.3, -0.25) is 0 Å². The number of H-pyrrole nitrogens is 1. The number of nitrogens with one attached hydrogen (secondary N) is 2. The van der Waals surface area contributed by atoms with Crippen molar-refractivity contribution in [3.05, 3.63) is 18.0 Å². The van der Waals surface area contributed by atoms with Crippen molar-refractivity contribution in [1.82, 2.24) is 9.71 Å². The van der Waals surface area contributed by atoms with Crippen LogP contribution in [0, 0.1) is 0 Å². The summed E-state index contributed by atoms with van der Waals surface area (Å²) in [4.78, 5) is 3.00. The Labute approximate surface area is 108 Å². The van der Waals surface area contributed by atoms with E-state index >= 15 is 0 Å². The molecule has 0 unspecified atom stereocenters. The first-order chi connectivity index (χ1) is 8.30. The fourth-order valence-corrected chi connectivity index (χ4v) is 2.70. The van der Waals surface area contributed by atoms with Crippen LogP contribution in [0.15, 0.2) is 17.2 Å². The molecule has 7 heteroatoms. The highest BCUT2D eigenvalue weighted by Crippen LogP contribution is 2.13. The van der Waals surface area contributed by atoms with Crippen LogP contribution in [0.4, 0.5) is 0 Å². The number of hydrogen-bond acceptors (Lipinski definition) is 4. The van der Waals surface area contributed by atoms with Gasteiger partial charge in [-0.1, -0.05) is 0 Å². The zero-order valence-corrected chi connectivity index (χ0v) is 11.8. The zero-order valence-electron chi connectivity index (χ0n) is 11.0. The first-order valence-electron chi connectivity index (χ1n) is 5.82. The van der Waals surface area contributed by atoms with Crippen molar-refractivity contribution in [2.75, 3.05) is 13.2 Å². The van der Waals surface area contributed by atoms with E-state index in [1.54, 1.807) is 0 Å². The number of nitrogens with two attached hydrogens (primary N) is 1. The molecular weight excluding hydrogens is 254 g/mol. The van der Waals surface area contributed by atoms with Gasteiger partial charge in [0.15, 0.2) is 0 Å².